The van der Waals surface area contributed by atoms with Crippen LogP contribution in [-0.2, 0) is 0 Å². The number of rotatable bonds is 6. The van der Waals surface area contributed by atoms with E-state index in [1.54, 1.807) is 28.3 Å². The van der Waals surface area contributed by atoms with E-state index < -0.39 is 0 Å². The van der Waals surface area contributed by atoms with Crippen LogP contribution in [0.1, 0.15) is 59.5 Å². The Balaban J connectivity index is 1.39. The highest BCUT2D eigenvalue weighted by Crippen LogP contribution is 2.31. The lowest BCUT2D eigenvalue weighted by atomic mass is 9.98. The normalized spacial score (nSPS) is 14.4. The highest BCUT2D eigenvalue weighted by molar-refractivity contribution is 7.80. The lowest BCUT2D eigenvalue weighted by Crippen LogP contribution is -2.44. The predicted molar refractivity (Wildman–Crippen MR) is 140 cm³/mol. The number of aryl methyl sites for hydroxylation is 2. The van der Waals surface area contributed by atoms with E-state index in [-0.39, 0.29) is 5.91 Å². The summed E-state index contributed by atoms with van der Waals surface area (Å²) in [5, 5.41) is 14.5. The van der Waals surface area contributed by atoms with Crippen LogP contribution in [0, 0.1) is 19.8 Å². The van der Waals surface area contributed by atoms with E-state index in [1.165, 1.54) is 0 Å². The van der Waals surface area contributed by atoms with Gasteiger partial charge in [-0.1, -0.05) is 13.8 Å². The van der Waals surface area contributed by atoms with Crippen LogP contribution >= 0.6 is 23.6 Å². The Hall–Kier alpha value is -2.85. The van der Waals surface area contributed by atoms with Gasteiger partial charge in [0.1, 0.15) is 5.69 Å². The Morgan fingerprint density at radius 1 is 1.29 bits per heavy atom. The van der Waals surface area contributed by atoms with Gasteiger partial charge in [0.05, 0.1) is 16.4 Å². The molecule has 4 heterocycles. The van der Waals surface area contributed by atoms with Crippen LogP contribution in [0.5, 0.6) is 0 Å². The first kappa shape index (κ1) is 24.3. The van der Waals surface area contributed by atoms with Crippen LogP contribution in [0.2, 0.25) is 0 Å². The molecule has 0 atom stereocenters. The van der Waals surface area contributed by atoms with Gasteiger partial charge in [-0.25, -0.2) is 14.6 Å². The van der Waals surface area contributed by atoms with Gasteiger partial charge in [0.25, 0.3) is 5.91 Å². The van der Waals surface area contributed by atoms with E-state index in [1.807, 2.05) is 31.4 Å². The van der Waals surface area contributed by atoms with Crippen LogP contribution in [-0.4, -0.2) is 55.3 Å². The third kappa shape index (κ3) is 5.61. The van der Waals surface area contributed by atoms with Gasteiger partial charge >= 0.3 is 0 Å². The van der Waals surface area contributed by atoms with Crippen molar-refractivity contribution in [3.63, 3.8) is 0 Å². The molecule has 1 aliphatic rings. The number of pyridine rings is 1. The third-order valence-corrected chi connectivity index (χ3v) is 7.20. The summed E-state index contributed by atoms with van der Waals surface area (Å²) >= 11 is 7.09. The predicted octanol–water partition coefficient (Wildman–Crippen LogP) is 4.30. The van der Waals surface area contributed by atoms with Crippen LogP contribution in [0.4, 0.5) is 5.69 Å². The molecule has 0 aliphatic carbocycles. The molecule has 0 unspecified atom stereocenters. The van der Waals surface area contributed by atoms with Crippen molar-refractivity contribution in [3.8, 4) is 5.82 Å². The van der Waals surface area contributed by atoms with Gasteiger partial charge in [0.2, 0.25) is 0 Å². The standard InChI is InChI=1S/C24H31N7OS2/c1-15(2)13-26-24(33)30-10-7-18(8-11-30)23-28-20(14-34-23)22(32)27-19-6-5-9-25-21(19)31-17(4)12-16(3)29-31/h5-6,9,12,14-15,18H,7-8,10-11,13H2,1-4H3,(H,26,33)(H,27,32). The molecule has 8 nitrogen and oxygen atoms in total. The summed E-state index contributed by atoms with van der Waals surface area (Å²) in [6, 6.07) is 5.60. The number of hydrogen-bond donors (Lipinski definition) is 2. The molecule has 2 N–H and O–H groups in total. The number of amides is 1. The Labute approximate surface area is 209 Å². The number of carbonyl (C=O) groups excluding carboxylic acids is 1. The molecule has 180 valence electrons. The molecule has 4 rings (SSSR count). The largest absolute Gasteiger partial charge is 0.362 e. The third-order valence-electron chi connectivity index (χ3n) is 5.79. The summed E-state index contributed by atoms with van der Waals surface area (Å²) in [6.07, 6.45) is 3.64. The molecule has 1 fully saturated rings. The van der Waals surface area contributed by atoms with Crippen LogP contribution in [0.25, 0.3) is 5.82 Å². The van der Waals surface area contributed by atoms with E-state index in [9.17, 15) is 4.79 Å². The number of anilines is 1. The lowest BCUT2D eigenvalue weighted by molar-refractivity contribution is 0.102. The lowest BCUT2D eigenvalue weighted by Gasteiger charge is -2.33. The fourth-order valence-corrected chi connectivity index (χ4v) is 5.24. The summed E-state index contributed by atoms with van der Waals surface area (Å²) < 4.78 is 1.74. The van der Waals surface area contributed by atoms with Crippen LogP contribution in [0.3, 0.4) is 0 Å². The molecule has 3 aromatic rings. The van der Waals surface area contributed by atoms with E-state index in [4.69, 9.17) is 12.2 Å². The molecule has 0 aromatic carbocycles. The summed E-state index contributed by atoms with van der Waals surface area (Å²) in [7, 11) is 0. The fraction of sp³-hybridized carbons (Fsp3) is 0.458. The van der Waals surface area contributed by atoms with E-state index in [2.05, 4.69) is 44.4 Å². The van der Waals surface area contributed by atoms with Crippen molar-refractivity contribution in [1.29, 1.82) is 0 Å². The minimum Gasteiger partial charge on any atom is -0.362 e. The minimum atomic E-state index is -0.241. The van der Waals surface area contributed by atoms with Crippen molar-refractivity contribution in [1.82, 2.24) is 30.0 Å². The Bertz CT molecular complexity index is 1160. The van der Waals surface area contributed by atoms with Crippen molar-refractivity contribution in [2.75, 3.05) is 25.0 Å². The summed E-state index contributed by atoms with van der Waals surface area (Å²) in [5.41, 5.74) is 2.88. The highest BCUT2D eigenvalue weighted by Gasteiger charge is 2.25. The molecule has 0 bridgehead atoms. The summed E-state index contributed by atoms with van der Waals surface area (Å²) in [5.74, 6) is 1.26. The van der Waals surface area contributed by atoms with Crippen molar-refractivity contribution in [2.45, 2.75) is 46.5 Å². The zero-order chi connectivity index (χ0) is 24.2. The van der Waals surface area contributed by atoms with Gasteiger partial charge in [-0.2, -0.15) is 5.10 Å². The average Bonchev–Trinajstić information content (AvgIpc) is 3.44. The van der Waals surface area contributed by atoms with Crippen LogP contribution in [0.15, 0.2) is 29.8 Å². The first-order chi connectivity index (χ1) is 16.3. The first-order valence-electron chi connectivity index (χ1n) is 11.6. The topological polar surface area (TPSA) is 88.0 Å². The zero-order valence-corrected chi connectivity index (χ0v) is 21.7. The number of nitrogens with one attached hydrogen (secondary N) is 2. The molecule has 34 heavy (non-hydrogen) atoms. The number of piperidine rings is 1. The second-order valence-corrected chi connectivity index (χ2v) is 10.4. The van der Waals surface area contributed by atoms with Crippen LogP contribution < -0.4 is 10.6 Å². The Morgan fingerprint density at radius 2 is 2.06 bits per heavy atom. The molecule has 3 aromatic heterocycles. The van der Waals surface area contributed by atoms with E-state index >= 15 is 0 Å². The second kappa shape index (κ2) is 10.6. The fourth-order valence-electron chi connectivity index (χ4n) is 4.01. The number of aromatic nitrogens is 4. The molecule has 0 saturated carbocycles. The summed E-state index contributed by atoms with van der Waals surface area (Å²) in [4.78, 5) is 24.3. The van der Waals surface area contributed by atoms with Crippen molar-refractivity contribution in [2.24, 2.45) is 5.92 Å². The number of hydrogen-bond acceptors (Lipinski definition) is 6. The molecule has 1 amide bonds. The maximum atomic E-state index is 13.0. The maximum absolute atomic E-state index is 13.0. The number of nitrogens with zero attached hydrogens (tertiary/aromatic N) is 5. The van der Waals surface area contributed by atoms with E-state index in [0.717, 1.165) is 54.0 Å². The minimum absolute atomic E-state index is 0.241. The molecule has 0 spiro atoms. The molecule has 10 heteroatoms. The molecule has 1 saturated heterocycles. The number of carbonyl (C=O) groups is 1. The maximum Gasteiger partial charge on any atom is 0.275 e. The molecule has 1 aliphatic heterocycles. The SMILES string of the molecule is Cc1cc(C)n(-c2ncccc2NC(=O)c2csc(C3CCN(C(=S)NCC(C)C)CC3)n2)n1. The van der Waals surface area contributed by atoms with Gasteiger partial charge < -0.3 is 15.5 Å². The van der Waals surface area contributed by atoms with Crippen molar-refractivity contribution < 1.29 is 4.79 Å². The van der Waals surface area contributed by atoms with Crippen molar-refractivity contribution in [3.05, 3.63) is 51.9 Å². The Kier molecular flexibility index (Phi) is 7.57. The second-order valence-electron chi connectivity index (χ2n) is 9.08. The monoisotopic (exact) mass is 497 g/mol. The quantitative estimate of drug-likeness (QED) is 0.491. The number of likely N-dealkylation sites (tertiary alicyclic amines) is 1. The van der Waals surface area contributed by atoms with Gasteiger partial charge in [-0.3, -0.25) is 4.79 Å². The van der Waals surface area contributed by atoms with Gasteiger partial charge in [0.15, 0.2) is 10.9 Å². The number of thiazole rings is 1. The smallest absolute Gasteiger partial charge is 0.275 e. The average molecular weight is 498 g/mol. The molecular formula is C24H31N7OS2. The van der Waals surface area contributed by atoms with Gasteiger partial charge in [-0.05, 0) is 63.0 Å². The first-order valence-corrected chi connectivity index (χ1v) is 12.9. The van der Waals surface area contributed by atoms with Gasteiger partial charge in [0, 0.05) is 42.8 Å². The van der Waals surface area contributed by atoms with E-state index in [0.29, 0.717) is 29.0 Å². The number of thiocarbonyl (C=S) groups is 1. The molecular weight excluding hydrogens is 466 g/mol. The van der Waals surface area contributed by atoms with Gasteiger partial charge in [-0.15, -0.1) is 11.3 Å². The zero-order valence-electron chi connectivity index (χ0n) is 20.0. The highest BCUT2D eigenvalue weighted by atomic mass is 32.1. The van der Waals surface area contributed by atoms with Crippen molar-refractivity contribution >= 4 is 40.3 Å². The Morgan fingerprint density at radius 3 is 2.74 bits per heavy atom. The summed E-state index contributed by atoms with van der Waals surface area (Å²) in [6.45, 7) is 10.9. The molecule has 0 radical (unpaired) electrons.